The Labute approximate surface area is 153 Å². The monoisotopic (exact) mass is 352 g/mol. The molecule has 1 saturated heterocycles. The molecule has 1 aliphatic rings. The highest BCUT2D eigenvalue weighted by atomic mass is 16.3. The molecular formula is C21H24N2O3. The van der Waals surface area contributed by atoms with Crippen molar-refractivity contribution in [1.29, 1.82) is 0 Å². The van der Waals surface area contributed by atoms with Crippen LogP contribution in [0.5, 0.6) is 5.75 Å². The molecule has 1 fully saturated rings. The molecule has 0 aliphatic carbocycles. The first-order valence-corrected chi connectivity index (χ1v) is 8.94. The Bertz CT molecular complexity index is 791. The Balaban J connectivity index is 1.62. The fraction of sp³-hybridized carbons (Fsp3) is 0.333. The molecule has 0 saturated carbocycles. The molecule has 0 atom stereocenters. The smallest absolute Gasteiger partial charge is 0.257 e. The fourth-order valence-electron chi connectivity index (χ4n) is 3.13. The third-order valence-corrected chi connectivity index (χ3v) is 4.81. The summed E-state index contributed by atoms with van der Waals surface area (Å²) in [6.07, 6.45) is 0. The summed E-state index contributed by atoms with van der Waals surface area (Å²) in [5.74, 6) is 0.218. The van der Waals surface area contributed by atoms with Crippen molar-refractivity contribution in [3.8, 4) is 5.75 Å². The topological polar surface area (TPSA) is 60.9 Å². The number of hydrogen-bond acceptors (Lipinski definition) is 3. The Morgan fingerprint density at radius 3 is 1.92 bits per heavy atom. The van der Waals surface area contributed by atoms with Crippen LogP contribution in [0, 0.1) is 0 Å². The number of carbonyl (C=O) groups excluding carboxylic acids is 2. The van der Waals surface area contributed by atoms with Gasteiger partial charge in [0.2, 0.25) is 0 Å². The van der Waals surface area contributed by atoms with E-state index in [4.69, 9.17) is 0 Å². The highest BCUT2D eigenvalue weighted by molar-refractivity contribution is 5.97. The minimum Gasteiger partial charge on any atom is -0.507 e. The van der Waals surface area contributed by atoms with Crippen LogP contribution >= 0.6 is 0 Å². The quantitative estimate of drug-likeness (QED) is 0.923. The minimum atomic E-state index is -0.198. The molecule has 0 unspecified atom stereocenters. The van der Waals surface area contributed by atoms with Crippen molar-refractivity contribution in [2.75, 3.05) is 26.2 Å². The SMILES string of the molecule is CC(C)c1ccc(C(=O)N2CCN(C(=O)c3ccccc3O)CC2)cc1. The van der Waals surface area contributed by atoms with Gasteiger partial charge in [-0.1, -0.05) is 38.1 Å². The molecule has 26 heavy (non-hydrogen) atoms. The lowest BCUT2D eigenvalue weighted by atomic mass is 10.0. The molecule has 0 bridgehead atoms. The van der Waals surface area contributed by atoms with Gasteiger partial charge in [0.05, 0.1) is 5.56 Å². The average Bonchev–Trinajstić information content (AvgIpc) is 2.67. The van der Waals surface area contributed by atoms with Crippen molar-refractivity contribution < 1.29 is 14.7 Å². The standard InChI is InChI=1S/C21H24N2O3/c1-15(2)16-7-9-17(10-8-16)20(25)22-11-13-23(14-12-22)21(26)18-5-3-4-6-19(18)24/h3-10,15,24H,11-14H2,1-2H3. The Kier molecular flexibility index (Phi) is 5.26. The number of para-hydroxylation sites is 1. The number of hydrogen-bond donors (Lipinski definition) is 1. The molecule has 136 valence electrons. The summed E-state index contributed by atoms with van der Waals surface area (Å²) in [4.78, 5) is 28.7. The van der Waals surface area contributed by atoms with Gasteiger partial charge >= 0.3 is 0 Å². The highest BCUT2D eigenvalue weighted by Crippen LogP contribution is 2.20. The summed E-state index contributed by atoms with van der Waals surface area (Å²) in [6, 6.07) is 14.3. The number of aromatic hydroxyl groups is 1. The summed E-state index contributed by atoms with van der Waals surface area (Å²) in [5.41, 5.74) is 2.19. The van der Waals surface area contributed by atoms with Gasteiger partial charge < -0.3 is 14.9 Å². The van der Waals surface area contributed by atoms with Crippen molar-refractivity contribution in [1.82, 2.24) is 9.80 Å². The summed E-state index contributed by atoms with van der Waals surface area (Å²) < 4.78 is 0. The predicted molar refractivity (Wildman–Crippen MR) is 100 cm³/mol. The molecule has 2 aromatic rings. The predicted octanol–water partition coefficient (Wildman–Crippen LogP) is 3.11. The average molecular weight is 352 g/mol. The van der Waals surface area contributed by atoms with Crippen LogP contribution in [0.1, 0.15) is 46.0 Å². The first kappa shape index (κ1) is 18.0. The molecule has 0 aromatic heterocycles. The summed E-state index contributed by atoms with van der Waals surface area (Å²) in [7, 11) is 0. The van der Waals surface area contributed by atoms with Crippen molar-refractivity contribution in [2.45, 2.75) is 19.8 Å². The van der Waals surface area contributed by atoms with Crippen LogP contribution in [0.4, 0.5) is 0 Å². The number of carbonyl (C=O) groups is 2. The van der Waals surface area contributed by atoms with Crippen LogP contribution in [0.2, 0.25) is 0 Å². The number of rotatable bonds is 3. The third-order valence-electron chi connectivity index (χ3n) is 4.81. The van der Waals surface area contributed by atoms with E-state index in [2.05, 4.69) is 13.8 Å². The molecule has 2 aromatic carbocycles. The Morgan fingerprint density at radius 2 is 1.38 bits per heavy atom. The normalized spacial score (nSPS) is 14.6. The van der Waals surface area contributed by atoms with E-state index in [0.29, 0.717) is 43.2 Å². The zero-order valence-electron chi connectivity index (χ0n) is 15.2. The van der Waals surface area contributed by atoms with Crippen LogP contribution in [0.3, 0.4) is 0 Å². The van der Waals surface area contributed by atoms with Gasteiger partial charge in [-0.05, 0) is 35.7 Å². The van der Waals surface area contributed by atoms with E-state index < -0.39 is 0 Å². The largest absolute Gasteiger partial charge is 0.507 e. The molecule has 5 heteroatoms. The van der Waals surface area contributed by atoms with E-state index >= 15 is 0 Å². The maximum absolute atomic E-state index is 12.7. The molecule has 1 N–H and O–H groups in total. The molecular weight excluding hydrogens is 328 g/mol. The number of phenolic OH excluding ortho intramolecular Hbond substituents is 1. The van der Waals surface area contributed by atoms with Gasteiger partial charge in [0, 0.05) is 31.7 Å². The Morgan fingerprint density at radius 1 is 0.846 bits per heavy atom. The molecule has 0 spiro atoms. The zero-order chi connectivity index (χ0) is 18.7. The minimum absolute atomic E-state index is 0.00466. The second kappa shape index (κ2) is 7.60. The Hall–Kier alpha value is -2.82. The van der Waals surface area contributed by atoms with Gasteiger partial charge in [-0.15, -0.1) is 0 Å². The molecule has 5 nitrogen and oxygen atoms in total. The lowest BCUT2D eigenvalue weighted by Crippen LogP contribution is -2.50. The second-order valence-electron chi connectivity index (χ2n) is 6.88. The first-order valence-electron chi connectivity index (χ1n) is 8.94. The lowest BCUT2D eigenvalue weighted by molar-refractivity contribution is 0.0533. The maximum Gasteiger partial charge on any atom is 0.257 e. The van der Waals surface area contributed by atoms with E-state index in [-0.39, 0.29) is 17.6 Å². The first-order chi connectivity index (χ1) is 12.5. The summed E-state index contributed by atoms with van der Waals surface area (Å²) in [5, 5.41) is 9.85. The van der Waals surface area contributed by atoms with Gasteiger partial charge in [-0.3, -0.25) is 9.59 Å². The van der Waals surface area contributed by atoms with Gasteiger partial charge in [-0.25, -0.2) is 0 Å². The molecule has 1 heterocycles. The molecule has 2 amide bonds. The van der Waals surface area contributed by atoms with Gasteiger partial charge in [-0.2, -0.15) is 0 Å². The van der Waals surface area contributed by atoms with Crippen LogP contribution in [0.25, 0.3) is 0 Å². The van der Waals surface area contributed by atoms with Crippen molar-refractivity contribution in [3.63, 3.8) is 0 Å². The van der Waals surface area contributed by atoms with Crippen LogP contribution in [0.15, 0.2) is 48.5 Å². The number of piperazine rings is 1. The van der Waals surface area contributed by atoms with E-state index in [1.54, 1.807) is 28.0 Å². The highest BCUT2D eigenvalue weighted by Gasteiger charge is 2.26. The number of phenols is 1. The maximum atomic E-state index is 12.7. The third kappa shape index (κ3) is 3.72. The molecule has 3 rings (SSSR count). The van der Waals surface area contributed by atoms with E-state index in [0.717, 1.165) is 0 Å². The van der Waals surface area contributed by atoms with Gasteiger partial charge in [0.1, 0.15) is 5.75 Å². The molecule has 0 radical (unpaired) electrons. The zero-order valence-corrected chi connectivity index (χ0v) is 15.2. The number of benzene rings is 2. The van der Waals surface area contributed by atoms with Crippen molar-refractivity contribution in [3.05, 3.63) is 65.2 Å². The van der Waals surface area contributed by atoms with Gasteiger partial charge in [0.15, 0.2) is 0 Å². The summed E-state index contributed by atoms with van der Waals surface area (Å²) >= 11 is 0. The number of amides is 2. The van der Waals surface area contributed by atoms with Crippen molar-refractivity contribution >= 4 is 11.8 Å². The second-order valence-corrected chi connectivity index (χ2v) is 6.88. The van der Waals surface area contributed by atoms with Crippen LogP contribution in [-0.2, 0) is 0 Å². The van der Waals surface area contributed by atoms with Gasteiger partial charge in [0.25, 0.3) is 11.8 Å². The van der Waals surface area contributed by atoms with E-state index in [1.165, 1.54) is 11.6 Å². The fourth-order valence-corrected chi connectivity index (χ4v) is 3.13. The number of nitrogens with zero attached hydrogens (tertiary/aromatic N) is 2. The lowest BCUT2D eigenvalue weighted by Gasteiger charge is -2.35. The summed E-state index contributed by atoms with van der Waals surface area (Å²) in [6.45, 7) is 6.15. The van der Waals surface area contributed by atoms with E-state index in [9.17, 15) is 14.7 Å². The van der Waals surface area contributed by atoms with Crippen molar-refractivity contribution in [2.24, 2.45) is 0 Å². The van der Waals surface area contributed by atoms with Crippen LogP contribution in [-0.4, -0.2) is 52.9 Å². The van der Waals surface area contributed by atoms with Crippen LogP contribution < -0.4 is 0 Å². The molecule has 1 aliphatic heterocycles. The van der Waals surface area contributed by atoms with E-state index in [1.807, 2.05) is 24.3 Å².